The standard InChI is InChI=1S/C20H16BrClN4O/c21-9-19(27)24-12-18-23-10-15-11-25-20(13-4-2-1-3-5-13)16-8-14(22)6-7-17(16)26(15)18/h1-8,10H,9,11-12H2,(H,24,27). The van der Waals surface area contributed by atoms with Gasteiger partial charge in [-0.2, -0.15) is 0 Å². The Labute approximate surface area is 170 Å². The van der Waals surface area contributed by atoms with Crippen LogP contribution in [-0.4, -0.2) is 26.5 Å². The quantitative estimate of drug-likeness (QED) is 0.622. The average Bonchev–Trinajstić information content (AvgIpc) is 3.02. The van der Waals surface area contributed by atoms with Crippen LogP contribution in [0.1, 0.15) is 22.6 Å². The predicted molar refractivity (Wildman–Crippen MR) is 110 cm³/mol. The van der Waals surface area contributed by atoms with Gasteiger partial charge in [0.15, 0.2) is 0 Å². The van der Waals surface area contributed by atoms with E-state index in [1.54, 1.807) is 0 Å². The summed E-state index contributed by atoms with van der Waals surface area (Å²) in [7, 11) is 0. The van der Waals surface area contributed by atoms with E-state index in [9.17, 15) is 4.79 Å². The zero-order chi connectivity index (χ0) is 18.8. The van der Waals surface area contributed by atoms with Crippen molar-refractivity contribution in [3.63, 3.8) is 0 Å². The van der Waals surface area contributed by atoms with Gasteiger partial charge in [0, 0.05) is 16.1 Å². The van der Waals surface area contributed by atoms with Crippen molar-refractivity contribution in [2.24, 2.45) is 4.99 Å². The number of fused-ring (bicyclic) bond motifs is 3. The number of hydrogen-bond acceptors (Lipinski definition) is 3. The zero-order valence-electron chi connectivity index (χ0n) is 14.3. The molecule has 5 nitrogen and oxygen atoms in total. The molecule has 0 aliphatic carbocycles. The van der Waals surface area contributed by atoms with Crippen LogP contribution in [0.4, 0.5) is 0 Å². The number of amides is 1. The molecule has 0 spiro atoms. The number of nitrogens with one attached hydrogen (secondary N) is 1. The summed E-state index contributed by atoms with van der Waals surface area (Å²) in [5.41, 5.74) is 4.79. The maximum Gasteiger partial charge on any atom is 0.231 e. The molecule has 4 rings (SSSR count). The van der Waals surface area contributed by atoms with Crippen molar-refractivity contribution in [1.82, 2.24) is 14.9 Å². The lowest BCUT2D eigenvalue weighted by atomic mass is 10.0. The van der Waals surface area contributed by atoms with Crippen molar-refractivity contribution in [2.45, 2.75) is 13.1 Å². The molecule has 2 heterocycles. The number of aromatic nitrogens is 2. The molecule has 0 unspecified atom stereocenters. The van der Waals surface area contributed by atoms with E-state index >= 15 is 0 Å². The molecule has 3 aromatic rings. The second-order valence-corrected chi connectivity index (χ2v) is 7.10. The molecule has 0 fully saturated rings. The summed E-state index contributed by atoms with van der Waals surface area (Å²) in [5.74, 6) is 0.672. The maximum atomic E-state index is 11.6. The third-order valence-electron chi connectivity index (χ3n) is 4.37. The molecule has 136 valence electrons. The van der Waals surface area contributed by atoms with Crippen LogP contribution in [0.5, 0.6) is 0 Å². The number of halogens is 2. The number of carbonyl (C=O) groups excluding carboxylic acids is 1. The van der Waals surface area contributed by atoms with Gasteiger partial charge in [-0.25, -0.2) is 4.98 Å². The van der Waals surface area contributed by atoms with Crippen LogP contribution < -0.4 is 5.32 Å². The molecular formula is C20H16BrClN4O. The molecule has 0 saturated heterocycles. The van der Waals surface area contributed by atoms with E-state index in [0.29, 0.717) is 18.1 Å². The van der Waals surface area contributed by atoms with Crippen LogP contribution in [0.25, 0.3) is 5.69 Å². The fourth-order valence-electron chi connectivity index (χ4n) is 3.17. The van der Waals surface area contributed by atoms with Gasteiger partial charge in [-0.15, -0.1) is 0 Å². The Morgan fingerprint density at radius 2 is 2.04 bits per heavy atom. The van der Waals surface area contributed by atoms with Crippen molar-refractivity contribution in [1.29, 1.82) is 0 Å². The molecule has 27 heavy (non-hydrogen) atoms. The molecule has 1 aliphatic heterocycles. The highest BCUT2D eigenvalue weighted by molar-refractivity contribution is 9.09. The van der Waals surface area contributed by atoms with Gasteiger partial charge in [0.05, 0.1) is 41.7 Å². The van der Waals surface area contributed by atoms with E-state index in [-0.39, 0.29) is 11.2 Å². The molecule has 1 aromatic heterocycles. The number of alkyl halides is 1. The molecular weight excluding hydrogens is 428 g/mol. The monoisotopic (exact) mass is 442 g/mol. The summed E-state index contributed by atoms with van der Waals surface area (Å²) in [5, 5.41) is 3.76. The number of nitrogens with zero attached hydrogens (tertiary/aromatic N) is 3. The van der Waals surface area contributed by atoms with Gasteiger partial charge in [0.2, 0.25) is 5.91 Å². The van der Waals surface area contributed by atoms with Crippen LogP contribution in [-0.2, 0) is 17.9 Å². The maximum absolute atomic E-state index is 11.6. The molecule has 0 saturated carbocycles. The van der Waals surface area contributed by atoms with Crippen LogP contribution >= 0.6 is 27.5 Å². The number of imidazole rings is 1. The van der Waals surface area contributed by atoms with Gasteiger partial charge in [-0.3, -0.25) is 14.4 Å². The van der Waals surface area contributed by atoms with E-state index in [4.69, 9.17) is 16.6 Å². The van der Waals surface area contributed by atoms with Gasteiger partial charge in [-0.1, -0.05) is 57.9 Å². The first-order chi connectivity index (χ1) is 13.2. The van der Waals surface area contributed by atoms with E-state index < -0.39 is 0 Å². The van der Waals surface area contributed by atoms with Crippen LogP contribution in [0.3, 0.4) is 0 Å². The summed E-state index contributed by atoms with van der Waals surface area (Å²) >= 11 is 9.46. The normalized spacial score (nSPS) is 12.6. The third-order valence-corrected chi connectivity index (χ3v) is 5.12. The third kappa shape index (κ3) is 3.55. The average molecular weight is 444 g/mol. The Morgan fingerprint density at radius 3 is 2.81 bits per heavy atom. The molecule has 1 N–H and O–H groups in total. The van der Waals surface area contributed by atoms with E-state index in [2.05, 4.69) is 30.8 Å². The number of aliphatic imine (C=N–C) groups is 1. The SMILES string of the molecule is O=C(CBr)NCc1ncc2n1-c1ccc(Cl)cc1C(c1ccccc1)=NC2. The first-order valence-corrected chi connectivity index (χ1v) is 9.95. The minimum Gasteiger partial charge on any atom is -0.348 e. The number of rotatable bonds is 4. The lowest BCUT2D eigenvalue weighted by Crippen LogP contribution is -2.25. The fraction of sp³-hybridized carbons (Fsp3) is 0.150. The first-order valence-electron chi connectivity index (χ1n) is 8.45. The van der Waals surface area contributed by atoms with Crippen molar-refractivity contribution >= 4 is 39.1 Å². The Morgan fingerprint density at radius 1 is 1.22 bits per heavy atom. The molecule has 1 aliphatic rings. The molecule has 0 bridgehead atoms. The molecule has 0 radical (unpaired) electrons. The Kier molecular flexibility index (Phi) is 5.09. The van der Waals surface area contributed by atoms with Gasteiger partial charge in [-0.05, 0) is 18.2 Å². The second kappa shape index (κ2) is 7.66. The molecule has 7 heteroatoms. The summed E-state index contributed by atoms with van der Waals surface area (Å²) < 4.78 is 2.06. The van der Waals surface area contributed by atoms with Crippen molar-refractivity contribution in [3.05, 3.63) is 82.4 Å². The Balaban J connectivity index is 1.83. The predicted octanol–water partition coefficient (Wildman–Crippen LogP) is 3.89. The minimum absolute atomic E-state index is 0.0847. The van der Waals surface area contributed by atoms with Crippen molar-refractivity contribution in [2.75, 3.05) is 5.33 Å². The van der Waals surface area contributed by atoms with Gasteiger partial charge in [0.25, 0.3) is 0 Å². The smallest absolute Gasteiger partial charge is 0.231 e. The number of benzene rings is 2. The summed E-state index contributed by atoms with van der Waals surface area (Å²) in [6.45, 7) is 0.836. The molecule has 1 amide bonds. The van der Waals surface area contributed by atoms with Crippen LogP contribution in [0.2, 0.25) is 5.02 Å². The molecule has 0 atom stereocenters. The second-order valence-electron chi connectivity index (χ2n) is 6.10. The lowest BCUT2D eigenvalue weighted by molar-refractivity contribution is -0.118. The van der Waals surface area contributed by atoms with Gasteiger partial charge in [0.1, 0.15) is 5.82 Å². The van der Waals surface area contributed by atoms with Crippen LogP contribution in [0.15, 0.2) is 59.7 Å². The van der Waals surface area contributed by atoms with Crippen LogP contribution in [0, 0.1) is 0 Å². The number of hydrogen-bond donors (Lipinski definition) is 1. The van der Waals surface area contributed by atoms with Gasteiger partial charge < -0.3 is 5.32 Å². The summed E-state index contributed by atoms with van der Waals surface area (Å²) in [4.78, 5) is 21.0. The van der Waals surface area contributed by atoms with E-state index in [1.807, 2.05) is 54.7 Å². The highest BCUT2D eigenvalue weighted by atomic mass is 79.9. The van der Waals surface area contributed by atoms with E-state index in [1.165, 1.54) is 0 Å². The highest BCUT2D eigenvalue weighted by Gasteiger charge is 2.22. The van der Waals surface area contributed by atoms with Crippen molar-refractivity contribution < 1.29 is 4.79 Å². The minimum atomic E-state index is -0.0847. The van der Waals surface area contributed by atoms with E-state index in [0.717, 1.165) is 34.0 Å². The lowest BCUT2D eigenvalue weighted by Gasteiger charge is -2.15. The topological polar surface area (TPSA) is 59.3 Å². The summed E-state index contributed by atoms with van der Waals surface area (Å²) in [6.07, 6.45) is 1.81. The van der Waals surface area contributed by atoms with Gasteiger partial charge >= 0.3 is 0 Å². The Hall–Kier alpha value is -2.44. The zero-order valence-corrected chi connectivity index (χ0v) is 16.7. The first kappa shape index (κ1) is 17.9. The highest BCUT2D eigenvalue weighted by Crippen LogP contribution is 2.29. The summed E-state index contributed by atoms with van der Waals surface area (Å²) in [6, 6.07) is 15.8. The fourth-order valence-corrected chi connectivity index (χ4v) is 3.54. The largest absolute Gasteiger partial charge is 0.348 e. The number of carbonyl (C=O) groups is 1. The Bertz CT molecular complexity index is 1030. The molecule has 2 aromatic carbocycles. The van der Waals surface area contributed by atoms with Crippen molar-refractivity contribution in [3.8, 4) is 5.69 Å².